The number of aromatic nitrogens is 3. The van der Waals surface area contributed by atoms with E-state index < -0.39 is 0 Å². The van der Waals surface area contributed by atoms with Crippen molar-refractivity contribution in [1.82, 2.24) is 20.3 Å². The second kappa shape index (κ2) is 8.53. The van der Waals surface area contributed by atoms with Crippen LogP contribution in [0.5, 0.6) is 5.75 Å². The third-order valence-electron chi connectivity index (χ3n) is 5.21. The summed E-state index contributed by atoms with van der Waals surface area (Å²) < 4.78 is 6.84. The standard InChI is InChI=1S/C21H23N5O2.ClH/c1-13-20(24-25-26(13)16-7-9-17(28-2)10-8-16)21(27)23-19-5-3-4-14-12-15(22)6-11-18(14)19;/h6-12,19H,3-5,22H2,1-2H3,(H,23,27);1H. The van der Waals surface area contributed by atoms with E-state index in [9.17, 15) is 4.79 Å². The number of fused-ring (bicyclic) bond motifs is 1. The van der Waals surface area contributed by atoms with Gasteiger partial charge in [-0.3, -0.25) is 4.79 Å². The Morgan fingerprint density at radius 1 is 1.24 bits per heavy atom. The van der Waals surface area contributed by atoms with Crippen LogP contribution in [0, 0.1) is 6.92 Å². The van der Waals surface area contributed by atoms with Crippen LogP contribution in [0.1, 0.15) is 46.2 Å². The number of carbonyl (C=O) groups is 1. The molecule has 0 saturated heterocycles. The number of anilines is 1. The molecule has 3 aromatic rings. The van der Waals surface area contributed by atoms with E-state index in [1.807, 2.05) is 49.4 Å². The molecule has 1 amide bonds. The molecule has 29 heavy (non-hydrogen) atoms. The van der Waals surface area contributed by atoms with Crippen LogP contribution in [0.2, 0.25) is 0 Å². The van der Waals surface area contributed by atoms with Gasteiger partial charge in [-0.1, -0.05) is 11.3 Å². The highest BCUT2D eigenvalue weighted by Crippen LogP contribution is 2.31. The van der Waals surface area contributed by atoms with Crippen molar-refractivity contribution in [2.45, 2.75) is 32.2 Å². The minimum absolute atomic E-state index is 0. The molecule has 4 rings (SSSR count). The van der Waals surface area contributed by atoms with Gasteiger partial charge < -0.3 is 15.8 Å². The third-order valence-corrected chi connectivity index (χ3v) is 5.21. The summed E-state index contributed by atoms with van der Waals surface area (Å²) >= 11 is 0. The molecule has 0 aliphatic heterocycles. The lowest BCUT2D eigenvalue weighted by atomic mass is 9.87. The van der Waals surface area contributed by atoms with Gasteiger partial charge >= 0.3 is 0 Å². The van der Waals surface area contributed by atoms with Crippen LogP contribution in [0.15, 0.2) is 42.5 Å². The van der Waals surface area contributed by atoms with E-state index in [1.54, 1.807) is 11.8 Å². The zero-order chi connectivity index (χ0) is 19.7. The minimum Gasteiger partial charge on any atom is -0.497 e. The van der Waals surface area contributed by atoms with Crippen molar-refractivity contribution >= 4 is 24.0 Å². The number of aryl methyl sites for hydroxylation is 1. The maximum absolute atomic E-state index is 12.9. The second-order valence-corrected chi connectivity index (χ2v) is 7.01. The maximum Gasteiger partial charge on any atom is 0.274 e. The molecule has 0 radical (unpaired) electrons. The number of nitrogens with two attached hydrogens (primary N) is 1. The highest BCUT2D eigenvalue weighted by molar-refractivity contribution is 5.93. The quantitative estimate of drug-likeness (QED) is 0.639. The Hall–Kier alpha value is -3.06. The van der Waals surface area contributed by atoms with Gasteiger partial charge in [0.25, 0.3) is 5.91 Å². The van der Waals surface area contributed by atoms with E-state index in [0.717, 1.165) is 42.0 Å². The Balaban J connectivity index is 0.00000240. The molecule has 1 heterocycles. The van der Waals surface area contributed by atoms with Crippen LogP contribution in [-0.2, 0) is 6.42 Å². The molecule has 0 spiro atoms. The van der Waals surface area contributed by atoms with Crippen LogP contribution in [0.3, 0.4) is 0 Å². The summed E-state index contributed by atoms with van der Waals surface area (Å²) in [7, 11) is 1.62. The molecule has 7 nitrogen and oxygen atoms in total. The lowest BCUT2D eigenvalue weighted by molar-refractivity contribution is 0.0927. The van der Waals surface area contributed by atoms with E-state index in [2.05, 4.69) is 15.6 Å². The van der Waals surface area contributed by atoms with Gasteiger partial charge in [0.2, 0.25) is 0 Å². The summed E-state index contributed by atoms with van der Waals surface area (Å²) in [5.74, 6) is 0.544. The van der Waals surface area contributed by atoms with Crippen LogP contribution in [0.4, 0.5) is 5.69 Å². The summed E-state index contributed by atoms with van der Waals surface area (Å²) in [6.07, 6.45) is 2.90. The van der Waals surface area contributed by atoms with Crippen molar-refractivity contribution in [2.75, 3.05) is 12.8 Å². The van der Waals surface area contributed by atoms with Gasteiger partial charge in [-0.05, 0) is 73.7 Å². The zero-order valence-corrected chi connectivity index (χ0v) is 17.2. The molecule has 8 heteroatoms. The number of halogens is 1. The molecule has 3 N–H and O–H groups in total. The molecule has 2 aromatic carbocycles. The number of hydrogen-bond acceptors (Lipinski definition) is 5. The first kappa shape index (κ1) is 20.7. The number of rotatable bonds is 4. The SMILES string of the molecule is COc1ccc(-n2nnc(C(=O)NC3CCCc4cc(N)ccc43)c2C)cc1.Cl. The summed E-state index contributed by atoms with van der Waals surface area (Å²) in [5, 5.41) is 11.4. The molecular weight excluding hydrogens is 390 g/mol. The Morgan fingerprint density at radius 3 is 2.72 bits per heavy atom. The van der Waals surface area contributed by atoms with Crippen molar-refractivity contribution in [1.29, 1.82) is 0 Å². The van der Waals surface area contributed by atoms with Crippen molar-refractivity contribution < 1.29 is 9.53 Å². The number of nitrogens with zero attached hydrogens (tertiary/aromatic N) is 3. The van der Waals surface area contributed by atoms with E-state index in [-0.39, 0.29) is 24.4 Å². The molecule has 1 aliphatic carbocycles. The molecule has 1 aromatic heterocycles. The van der Waals surface area contributed by atoms with Crippen LogP contribution < -0.4 is 15.8 Å². The lowest BCUT2D eigenvalue weighted by Gasteiger charge is -2.26. The molecule has 0 bridgehead atoms. The van der Waals surface area contributed by atoms with Gasteiger partial charge in [-0.2, -0.15) is 0 Å². The number of methoxy groups -OCH3 is 1. The van der Waals surface area contributed by atoms with Crippen LogP contribution >= 0.6 is 12.4 Å². The molecule has 0 saturated carbocycles. The van der Waals surface area contributed by atoms with Crippen molar-refractivity contribution in [3.8, 4) is 11.4 Å². The number of nitrogen functional groups attached to an aromatic ring is 1. The van der Waals surface area contributed by atoms with Gasteiger partial charge in [0, 0.05) is 5.69 Å². The van der Waals surface area contributed by atoms with Crippen molar-refractivity contribution in [2.24, 2.45) is 0 Å². The average molecular weight is 414 g/mol. The van der Waals surface area contributed by atoms with E-state index in [4.69, 9.17) is 10.5 Å². The van der Waals surface area contributed by atoms with Crippen molar-refractivity contribution in [3.05, 3.63) is 65.0 Å². The number of benzene rings is 2. The fraction of sp³-hybridized carbons (Fsp3) is 0.286. The van der Waals surface area contributed by atoms with Gasteiger partial charge in [-0.25, -0.2) is 4.68 Å². The minimum atomic E-state index is -0.216. The Labute approximate surface area is 175 Å². The lowest BCUT2D eigenvalue weighted by Crippen LogP contribution is -2.31. The Kier molecular flexibility index (Phi) is 6.08. The fourth-order valence-electron chi connectivity index (χ4n) is 3.72. The van der Waals surface area contributed by atoms with Crippen molar-refractivity contribution in [3.63, 3.8) is 0 Å². The van der Waals surface area contributed by atoms with Crippen LogP contribution in [-0.4, -0.2) is 28.0 Å². The Morgan fingerprint density at radius 2 is 2.00 bits per heavy atom. The largest absolute Gasteiger partial charge is 0.497 e. The number of ether oxygens (including phenoxy) is 1. The normalized spacial score (nSPS) is 15.2. The average Bonchev–Trinajstić information content (AvgIpc) is 3.09. The number of amides is 1. The summed E-state index contributed by atoms with van der Waals surface area (Å²) in [5.41, 5.74) is 10.8. The molecule has 1 atom stereocenters. The molecular formula is C21H24ClN5O2. The van der Waals surface area contributed by atoms with E-state index in [1.165, 1.54) is 5.56 Å². The van der Waals surface area contributed by atoms with E-state index in [0.29, 0.717) is 11.4 Å². The molecule has 152 valence electrons. The number of nitrogens with one attached hydrogen (secondary N) is 1. The summed E-state index contributed by atoms with van der Waals surface area (Å²) in [6.45, 7) is 1.84. The zero-order valence-electron chi connectivity index (χ0n) is 16.4. The molecule has 0 fully saturated rings. The van der Waals surface area contributed by atoms with Gasteiger partial charge in [0.05, 0.1) is 24.5 Å². The summed E-state index contributed by atoms with van der Waals surface area (Å²) in [4.78, 5) is 12.9. The predicted molar refractivity (Wildman–Crippen MR) is 114 cm³/mol. The topological polar surface area (TPSA) is 95.1 Å². The number of carbonyl (C=O) groups excluding carboxylic acids is 1. The van der Waals surface area contributed by atoms with Crippen LogP contribution in [0.25, 0.3) is 5.69 Å². The van der Waals surface area contributed by atoms with Gasteiger partial charge in [0.1, 0.15) is 5.75 Å². The maximum atomic E-state index is 12.9. The Bertz CT molecular complexity index is 1020. The second-order valence-electron chi connectivity index (χ2n) is 7.01. The molecule has 1 unspecified atom stereocenters. The predicted octanol–water partition coefficient (Wildman–Crippen LogP) is 3.40. The summed E-state index contributed by atoms with van der Waals surface area (Å²) in [6, 6.07) is 13.3. The van der Waals surface area contributed by atoms with Gasteiger partial charge in [-0.15, -0.1) is 17.5 Å². The smallest absolute Gasteiger partial charge is 0.274 e. The highest BCUT2D eigenvalue weighted by Gasteiger charge is 2.25. The monoisotopic (exact) mass is 413 g/mol. The highest BCUT2D eigenvalue weighted by atomic mass is 35.5. The third kappa shape index (κ3) is 4.05. The molecule has 1 aliphatic rings. The number of hydrogen-bond donors (Lipinski definition) is 2. The van der Waals surface area contributed by atoms with E-state index >= 15 is 0 Å². The first-order valence-corrected chi connectivity index (χ1v) is 9.32. The van der Waals surface area contributed by atoms with Gasteiger partial charge in [0.15, 0.2) is 5.69 Å². The first-order valence-electron chi connectivity index (χ1n) is 9.32. The first-order chi connectivity index (χ1) is 13.6. The fourth-order valence-corrected chi connectivity index (χ4v) is 3.72.